The van der Waals surface area contributed by atoms with Crippen molar-refractivity contribution < 1.29 is 13.6 Å². The first-order valence-corrected chi connectivity index (χ1v) is 8.83. The van der Waals surface area contributed by atoms with E-state index >= 15 is 0 Å². The predicted octanol–water partition coefficient (Wildman–Crippen LogP) is 3.59. The van der Waals surface area contributed by atoms with Gasteiger partial charge in [0.2, 0.25) is 0 Å². The van der Waals surface area contributed by atoms with Crippen molar-refractivity contribution in [3.63, 3.8) is 0 Å². The summed E-state index contributed by atoms with van der Waals surface area (Å²) < 4.78 is 27.7. The summed E-state index contributed by atoms with van der Waals surface area (Å²) in [6, 6.07) is 17.4. The summed E-state index contributed by atoms with van der Waals surface area (Å²) in [7, 11) is 0. The van der Waals surface area contributed by atoms with E-state index in [2.05, 4.69) is 10.3 Å². The fraction of sp³-hybridized carbons (Fsp3) is 0.0455. The summed E-state index contributed by atoms with van der Waals surface area (Å²) in [5, 5.41) is 3.10. The predicted molar refractivity (Wildman–Crippen MR) is 105 cm³/mol. The Hall–Kier alpha value is -3.87. The van der Waals surface area contributed by atoms with E-state index in [9.17, 15) is 18.4 Å². The van der Waals surface area contributed by atoms with Gasteiger partial charge in [0, 0.05) is 5.56 Å². The first-order valence-electron chi connectivity index (χ1n) is 8.83. The van der Waals surface area contributed by atoms with Gasteiger partial charge in [-0.1, -0.05) is 12.1 Å². The van der Waals surface area contributed by atoms with Crippen molar-refractivity contribution in [2.75, 3.05) is 0 Å². The molecule has 0 saturated heterocycles. The van der Waals surface area contributed by atoms with Crippen molar-refractivity contribution in [2.45, 2.75) is 6.54 Å². The summed E-state index contributed by atoms with van der Waals surface area (Å²) in [4.78, 5) is 29.9. The van der Waals surface area contributed by atoms with Gasteiger partial charge in [-0.3, -0.25) is 14.2 Å². The molecular weight excluding hydrogens is 376 g/mol. The average Bonchev–Trinajstić information content (AvgIpc) is 2.73. The summed E-state index contributed by atoms with van der Waals surface area (Å²) in [5.41, 5.74) is 0.874. The fourth-order valence-electron chi connectivity index (χ4n) is 3.02. The Morgan fingerprint density at radius 1 is 0.897 bits per heavy atom. The molecular formula is C22H15F2N3O2. The number of rotatable bonds is 4. The first-order chi connectivity index (χ1) is 14.0. The highest BCUT2D eigenvalue weighted by atomic mass is 19.1. The molecule has 4 aromatic rings. The molecule has 0 spiro atoms. The Morgan fingerprint density at radius 3 is 2.21 bits per heavy atom. The van der Waals surface area contributed by atoms with Gasteiger partial charge in [-0.15, -0.1) is 0 Å². The molecule has 0 bridgehead atoms. The lowest BCUT2D eigenvalue weighted by Gasteiger charge is -2.14. The van der Waals surface area contributed by atoms with Crippen LogP contribution in [-0.2, 0) is 6.54 Å². The SMILES string of the molecule is O=C(NCc1nc2ccccc2c(=O)n1-c1ccc(F)cc1)c1ccc(F)cc1. The molecule has 5 nitrogen and oxygen atoms in total. The molecule has 144 valence electrons. The Morgan fingerprint density at radius 2 is 1.52 bits per heavy atom. The van der Waals surface area contributed by atoms with E-state index in [1.54, 1.807) is 24.3 Å². The summed E-state index contributed by atoms with van der Waals surface area (Å²) in [5.74, 6) is -1.02. The van der Waals surface area contributed by atoms with Gasteiger partial charge >= 0.3 is 0 Å². The third-order valence-corrected chi connectivity index (χ3v) is 4.44. The zero-order valence-corrected chi connectivity index (χ0v) is 15.1. The Labute approximate surface area is 164 Å². The van der Waals surface area contributed by atoms with Gasteiger partial charge in [-0.25, -0.2) is 13.8 Å². The third-order valence-electron chi connectivity index (χ3n) is 4.44. The van der Waals surface area contributed by atoms with Crippen LogP contribution >= 0.6 is 0 Å². The van der Waals surface area contributed by atoms with E-state index in [1.807, 2.05) is 0 Å². The van der Waals surface area contributed by atoms with Gasteiger partial charge in [0.25, 0.3) is 11.5 Å². The van der Waals surface area contributed by atoms with Crippen molar-refractivity contribution in [3.8, 4) is 5.69 Å². The van der Waals surface area contributed by atoms with E-state index in [-0.39, 0.29) is 23.5 Å². The van der Waals surface area contributed by atoms with Crippen molar-refractivity contribution in [3.05, 3.63) is 106 Å². The third kappa shape index (κ3) is 3.75. The number of nitrogens with one attached hydrogen (secondary N) is 1. The molecule has 4 rings (SSSR count). The smallest absolute Gasteiger partial charge is 0.266 e. The van der Waals surface area contributed by atoms with Crippen LogP contribution in [-0.4, -0.2) is 15.5 Å². The standard InChI is InChI=1S/C22H15F2N3O2/c23-15-7-5-14(6-8-15)21(28)25-13-20-26-19-4-2-1-3-18(19)22(29)27(20)17-11-9-16(24)10-12-17/h1-12H,13H2,(H,25,28). The molecule has 0 atom stereocenters. The van der Waals surface area contributed by atoms with Gasteiger partial charge in [-0.2, -0.15) is 0 Å². The van der Waals surface area contributed by atoms with Gasteiger partial charge in [0.05, 0.1) is 23.1 Å². The van der Waals surface area contributed by atoms with Crippen molar-refractivity contribution in [1.82, 2.24) is 14.9 Å². The molecule has 3 aromatic carbocycles. The van der Waals surface area contributed by atoms with Crippen LogP contribution in [0.1, 0.15) is 16.2 Å². The summed E-state index contributed by atoms with van der Waals surface area (Å²) >= 11 is 0. The van der Waals surface area contributed by atoms with Crippen LogP contribution < -0.4 is 10.9 Å². The second-order valence-corrected chi connectivity index (χ2v) is 6.35. The molecule has 0 unspecified atom stereocenters. The van der Waals surface area contributed by atoms with E-state index in [0.717, 1.165) is 0 Å². The lowest BCUT2D eigenvalue weighted by molar-refractivity contribution is 0.0949. The van der Waals surface area contributed by atoms with Crippen LogP contribution in [0.3, 0.4) is 0 Å². The molecule has 1 heterocycles. The zero-order chi connectivity index (χ0) is 20.4. The molecule has 1 aromatic heterocycles. The monoisotopic (exact) mass is 391 g/mol. The van der Waals surface area contributed by atoms with E-state index < -0.39 is 17.5 Å². The molecule has 0 aliphatic carbocycles. The molecule has 7 heteroatoms. The van der Waals surface area contributed by atoms with E-state index in [4.69, 9.17) is 0 Å². The average molecular weight is 391 g/mol. The number of aromatic nitrogens is 2. The maximum Gasteiger partial charge on any atom is 0.266 e. The lowest BCUT2D eigenvalue weighted by atomic mass is 10.2. The van der Waals surface area contributed by atoms with Crippen LogP contribution in [0, 0.1) is 11.6 Å². The van der Waals surface area contributed by atoms with Gasteiger partial charge in [-0.05, 0) is 60.7 Å². The highest BCUT2D eigenvalue weighted by Gasteiger charge is 2.14. The molecule has 1 N–H and O–H groups in total. The van der Waals surface area contributed by atoms with Gasteiger partial charge < -0.3 is 5.32 Å². The van der Waals surface area contributed by atoms with E-state index in [1.165, 1.54) is 53.1 Å². The van der Waals surface area contributed by atoms with Crippen LogP contribution in [0.2, 0.25) is 0 Å². The second-order valence-electron chi connectivity index (χ2n) is 6.35. The lowest BCUT2D eigenvalue weighted by Crippen LogP contribution is -2.30. The van der Waals surface area contributed by atoms with Crippen LogP contribution in [0.25, 0.3) is 16.6 Å². The minimum Gasteiger partial charge on any atom is -0.345 e. The number of amides is 1. The number of carbonyl (C=O) groups is 1. The minimum absolute atomic E-state index is 0.0480. The Kier molecular flexibility index (Phi) is 4.87. The number of fused-ring (bicyclic) bond motifs is 1. The van der Waals surface area contributed by atoms with Crippen molar-refractivity contribution in [2.24, 2.45) is 0 Å². The number of carbonyl (C=O) groups excluding carboxylic acids is 1. The summed E-state index contributed by atoms with van der Waals surface area (Å²) in [6.45, 7) is -0.0480. The van der Waals surface area contributed by atoms with Crippen LogP contribution in [0.5, 0.6) is 0 Å². The normalized spacial score (nSPS) is 10.8. The number of halogens is 2. The molecule has 29 heavy (non-hydrogen) atoms. The minimum atomic E-state index is -0.442. The van der Waals surface area contributed by atoms with Crippen LogP contribution in [0.4, 0.5) is 8.78 Å². The van der Waals surface area contributed by atoms with E-state index in [0.29, 0.717) is 16.6 Å². The molecule has 0 radical (unpaired) electrons. The molecule has 0 saturated carbocycles. The Balaban J connectivity index is 1.75. The largest absolute Gasteiger partial charge is 0.345 e. The van der Waals surface area contributed by atoms with Gasteiger partial charge in [0.1, 0.15) is 17.5 Å². The summed E-state index contributed by atoms with van der Waals surface area (Å²) in [6.07, 6.45) is 0. The number of benzene rings is 3. The number of hydrogen-bond donors (Lipinski definition) is 1. The molecule has 0 aliphatic rings. The highest BCUT2D eigenvalue weighted by molar-refractivity contribution is 5.94. The fourth-order valence-corrected chi connectivity index (χ4v) is 3.02. The van der Waals surface area contributed by atoms with Crippen LogP contribution in [0.15, 0.2) is 77.6 Å². The Bertz CT molecular complexity index is 1250. The topological polar surface area (TPSA) is 64.0 Å². The van der Waals surface area contributed by atoms with Gasteiger partial charge in [0.15, 0.2) is 0 Å². The second kappa shape index (κ2) is 7.63. The quantitative estimate of drug-likeness (QED) is 0.578. The maximum atomic E-state index is 13.3. The van der Waals surface area contributed by atoms with Crippen molar-refractivity contribution >= 4 is 16.8 Å². The zero-order valence-electron chi connectivity index (χ0n) is 15.1. The van der Waals surface area contributed by atoms with Crippen molar-refractivity contribution in [1.29, 1.82) is 0 Å². The number of para-hydroxylation sites is 1. The number of nitrogens with zero attached hydrogens (tertiary/aromatic N) is 2. The molecule has 0 fully saturated rings. The number of hydrogen-bond acceptors (Lipinski definition) is 3. The molecule has 1 amide bonds. The maximum absolute atomic E-state index is 13.3. The molecule has 0 aliphatic heterocycles. The highest BCUT2D eigenvalue weighted by Crippen LogP contribution is 2.14. The first kappa shape index (κ1) is 18.5.